The molecule has 0 saturated heterocycles. The highest BCUT2D eigenvalue weighted by Gasteiger charge is 2.03. The van der Waals surface area contributed by atoms with Crippen molar-refractivity contribution in [2.75, 3.05) is 11.6 Å². The first kappa shape index (κ1) is 10.1. The minimum Gasteiger partial charge on any atom is -0.388 e. The molecular formula is C9H11BrOS. The Kier molecular flexibility index (Phi) is 4.12. The van der Waals surface area contributed by atoms with Gasteiger partial charge >= 0.3 is 0 Å². The predicted octanol–water partition coefficient (Wildman–Crippen LogP) is 2.84. The van der Waals surface area contributed by atoms with Crippen LogP contribution in [-0.4, -0.2) is 16.7 Å². The number of aliphatic hydroxyl groups is 1. The van der Waals surface area contributed by atoms with Crippen LogP contribution in [0.25, 0.3) is 0 Å². The maximum atomic E-state index is 9.44. The van der Waals surface area contributed by atoms with Crippen molar-refractivity contribution in [3.63, 3.8) is 0 Å². The summed E-state index contributed by atoms with van der Waals surface area (Å²) in [5.41, 5.74) is 0.963. The number of benzene rings is 1. The van der Waals surface area contributed by atoms with Crippen LogP contribution in [0.5, 0.6) is 0 Å². The Hall–Kier alpha value is 0.01000. The summed E-state index contributed by atoms with van der Waals surface area (Å²) < 4.78 is 0. The monoisotopic (exact) mass is 246 g/mol. The number of hydrogen-bond acceptors (Lipinski definition) is 2. The van der Waals surface area contributed by atoms with E-state index in [2.05, 4.69) is 15.9 Å². The highest BCUT2D eigenvalue weighted by atomic mass is 79.9. The topological polar surface area (TPSA) is 20.2 Å². The normalized spacial score (nSPS) is 12.9. The van der Waals surface area contributed by atoms with Crippen LogP contribution in [-0.2, 0) is 0 Å². The third kappa shape index (κ3) is 2.51. The van der Waals surface area contributed by atoms with Gasteiger partial charge in [0.1, 0.15) is 0 Å². The summed E-state index contributed by atoms with van der Waals surface area (Å²) in [6.45, 7) is 0. The quantitative estimate of drug-likeness (QED) is 0.654. The Balaban J connectivity index is 2.77. The van der Waals surface area contributed by atoms with Crippen molar-refractivity contribution in [3.05, 3.63) is 29.8 Å². The SMILES string of the molecule is CSc1ccc(C(O)CBr)cc1. The molecule has 0 radical (unpaired) electrons. The lowest BCUT2D eigenvalue weighted by atomic mass is 10.1. The largest absolute Gasteiger partial charge is 0.388 e. The van der Waals surface area contributed by atoms with E-state index in [-0.39, 0.29) is 6.10 Å². The molecule has 1 N–H and O–H groups in total. The van der Waals surface area contributed by atoms with Crippen molar-refractivity contribution < 1.29 is 5.11 Å². The van der Waals surface area contributed by atoms with E-state index in [9.17, 15) is 5.11 Å². The van der Waals surface area contributed by atoms with Gasteiger partial charge in [0.25, 0.3) is 0 Å². The van der Waals surface area contributed by atoms with E-state index >= 15 is 0 Å². The first-order valence-corrected chi connectivity index (χ1v) is 6.00. The molecule has 0 aliphatic carbocycles. The van der Waals surface area contributed by atoms with Gasteiger partial charge in [0, 0.05) is 10.2 Å². The second kappa shape index (κ2) is 4.90. The summed E-state index contributed by atoms with van der Waals surface area (Å²) in [4.78, 5) is 1.22. The van der Waals surface area contributed by atoms with Gasteiger partial charge in [-0.15, -0.1) is 11.8 Å². The van der Waals surface area contributed by atoms with Crippen LogP contribution in [0.2, 0.25) is 0 Å². The van der Waals surface area contributed by atoms with Crippen molar-refractivity contribution in [1.82, 2.24) is 0 Å². The van der Waals surface area contributed by atoms with E-state index < -0.39 is 0 Å². The highest BCUT2D eigenvalue weighted by Crippen LogP contribution is 2.19. The van der Waals surface area contributed by atoms with Gasteiger partial charge in [0.05, 0.1) is 6.10 Å². The zero-order chi connectivity index (χ0) is 8.97. The van der Waals surface area contributed by atoms with Crippen molar-refractivity contribution in [1.29, 1.82) is 0 Å². The standard InChI is InChI=1S/C9H11BrOS/c1-12-8-4-2-7(3-5-8)9(11)6-10/h2-5,9,11H,6H2,1H3. The van der Waals surface area contributed by atoms with Gasteiger partial charge < -0.3 is 5.11 Å². The van der Waals surface area contributed by atoms with Crippen molar-refractivity contribution >= 4 is 27.7 Å². The highest BCUT2D eigenvalue weighted by molar-refractivity contribution is 9.09. The molecule has 0 aliphatic heterocycles. The molecule has 0 saturated carbocycles. The molecule has 12 heavy (non-hydrogen) atoms. The number of alkyl halides is 1. The second-order valence-electron chi connectivity index (χ2n) is 2.44. The predicted molar refractivity (Wildman–Crippen MR) is 57.0 cm³/mol. The number of rotatable bonds is 3. The summed E-state index contributed by atoms with van der Waals surface area (Å²) in [6, 6.07) is 7.95. The molecule has 0 bridgehead atoms. The number of aliphatic hydroxyl groups excluding tert-OH is 1. The van der Waals surface area contributed by atoms with E-state index in [1.54, 1.807) is 11.8 Å². The third-order valence-corrected chi connectivity index (χ3v) is 3.00. The van der Waals surface area contributed by atoms with Crippen LogP contribution in [0.3, 0.4) is 0 Å². The lowest BCUT2D eigenvalue weighted by Crippen LogP contribution is -1.97. The molecule has 3 heteroatoms. The van der Waals surface area contributed by atoms with Crippen molar-refractivity contribution in [3.8, 4) is 0 Å². The maximum absolute atomic E-state index is 9.44. The third-order valence-electron chi connectivity index (χ3n) is 1.65. The minimum absolute atomic E-state index is 0.388. The summed E-state index contributed by atoms with van der Waals surface area (Å²) in [6.07, 6.45) is 1.65. The Morgan fingerprint density at radius 2 is 2.00 bits per heavy atom. The fraction of sp³-hybridized carbons (Fsp3) is 0.333. The molecule has 1 nitrogen and oxygen atoms in total. The van der Waals surface area contributed by atoms with Crippen LogP contribution in [0.1, 0.15) is 11.7 Å². The maximum Gasteiger partial charge on any atom is 0.0886 e. The van der Waals surface area contributed by atoms with Crippen LogP contribution in [0.15, 0.2) is 29.2 Å². The molecule has 1 unspecified atom stereocenters. The van der Waals surface area contributed by atoms with E-state index in [1.807, 2.05) is 30.5 Å². The van der Waals surface area contributed by atoms with Gasteiger partial charge in [-0.05, 0) is 24.0 Å². The van der Waals surface area contributed by atoms with Gasteiger partial charge in [0.15, 0.2) is 0 Å². The van der Waals surface area contributed by atoms with E-state index in [0.29, 0.717) is 5.33 Å². The molecule has 1 aromatic rings. The van der Waals surface area contributed by atoms with Gasteiger partial charge in [-0.3, -0.25) is 0 Å². The smallest absolute Gasteiger partial charge is 0.0886 e. The number of hydrogen-bond donors (Lipinski definition) is 1. The molecule has 0 fully saturated rings. The molecular weight excluding hydrogens is 236 g/mol. The fourth-order valence-corrected chi connectivity index (χ4v) is 1.70. The molecule has 1 atom stereocenters. The summed E-state index contributed by atoms with van der Waals surface area (Å²) in [5, 5.41) is 10.0. The van der Waals surface area contributed by atoms with Gasteiger partial charge in [0.2, 0.25) is 0 Å². The first-order valence-electron chi connectivity index (χ1n) is 3.66. The summed E-state index contributed by atoms with van der Waals surface area (Å²) in [5.74, 6) is 0. The molecule has 1 rings (SSSR count). The fourth-order valence-electron chi connectivity index (χ4n) is 0.915. The van der Waals surface area contributed by atoms with Crippen LogP contribution < -0.4 is 0 Å². The van der Waals surface area contributed by atoms with Crippen LogP contribution in [0, 0.1) is 0 Å². The summed E-state index contributed by atoms with van der Waals surface area (Å²) in [7, 11) is 0. The van der Waals surface area contributed by atoms with Gasteiger partial charge in [-0.25, -0.2) is 0 Å². The van der Waals surface area contributed by atoms with Crippen LogP contribution >= 0.6 is 27.7 Å². The Labute approximate surface area is 85.3 Å². The summed E-state index contributed by atoms with van der Waals surface area (Å²) >= 11 is 4.94. The minimum atomic E-state index is -0.388. The Morgan fingerprint density at radius 3 is 2.42 bits per heavy atom. The lowest BCUT2D eigenvalue weighted by Gasteiger charge is -2.06. The second-order valence-corrected chi connectivity index (χ2v) is 3.97. The zero-order valence-electron chi connectivity index (χ0n) is 6.83. The average molecular weight is 247 g/mol. The molecule has 0 spiro atoms. The lowest BCUT2D eigenvalue weighted by molar-refractivity contribution is 0.205. The number of thioether (sulfide) groups is 1. The van der Waals surface area contributed by atoms with Crippen molar-refractivity contribution in [2.24, 2.45) is 0 Å². The van der Waals surface area contributed by atoms with Crippen LogP contribution in [0.4, 0.5) is 0 Å². The molecule has 1 aromatic carbocycles. The first-order chi connectivity index (χ1) is 5.77. The van der Waals surface area contributed by atoms with E-state index in [4.69, 9.17) is 0 Å². The molecule has 0 aromatic heterocycles. The Bertz CT molecular complexity index is 235. The Morgan fingerprint density at radius 1 is 1.42 bits per heavy atom. The van der Waals surface area contributed by atoms with E-state index in [1.165, 1.54) is 4.90 Å². The molecule has 0 amide bonds. The van der Waals surface area contributed by atoms with Gasteiger partial charge in [-0.1, -0.05) is 28.1 Å². The van der Waals surface area contributed by atoms with Crippen molar-refractivity contribution in [2.45, 2.75) is 11.0 Å². The number of halogens is 1. The zero-order valence-corrected chi connectivity index (χ0v) is 9.23. The average Bonchev–Trinajstić information content (AvgIpc) is 2.17. The molecule has 66 valence electrons. The molecule has 0 heterocycles. The van der Waals surface area contributed by atoms with E-state index in [0.717, 1.165) is 5.56 Å². The molecule has 0 aliphatic rings. The van der Waals surface area contributed by atoms with Gasteiger partial charge in [-0.2, -0.15) is 0 Å².